The van der Waals surface area contributed by atoms with Crippen LogP contribution in [-0.4, -0.2) is 19.6 Å². The van der Waals surface area contributed by atoms with Gasteiger partial charge in [0.15, 0.2) is 0 Å². The zero-order chi connectivity index (χ0) is 13.2. The number of hydrogen-bond donors (Lipinski definition) is 2. The van der Waals surface area contributed by atoms with Gasteiger partial charge in [-0.3, -0.25) is 0 Å². The monoisotopic (exact) mass is 316 g/mol. The van der Waals surface area contributed by atoms with E-state index in [9.17, 15) is 0 Å². The number of piperidine rings is 1. The van der Waals surface area contributed by atoms with E-state index in [1.165, 1.54) is 12.8 Å². The molecule has 0 saturated carbocycles. The smallest absolute Gasteiger partial charge is 0.130 e. The molecule has 1 saturated heterocycles. The van der Waals surface area contributed by atoms with Gasteiger partial charge in [0.05, 0.1) is 27.1 Å². The fraction of sp³-hybridized carbons (Fsp3) is 0.500. The molecule has 0 radical (unpaired) electrons. The standard InChI is InChI=1S/C12H14Cl2N4S/c13-8-4-9(14)11-12(18-19-17-11)10(8)16-6-7-2-1-3-15-5-7/h4,7,15-16H,1-3,5-6H2. The summed E-state index contributed by atoms with van der Waals surface area (Å²) in [5, 5.41) is 7.98. The number of nitrogens with zero attached hydrogens (tertiary/aromatic N) is 2. The Kier molecular flexibility index (Phi) is 4.07. The van der Waals surface area contributed by atoms with E-state index in [1.807, 2.05) is 0 Å². The molecule has 1 fully saturated rings. The predicted octanol–water partition coefficient (Wildman–Crippen LogP) is 4.13. The Balaban J connectivity index is 1.78. The minimum atomic E-state index is 0.554. The summed E-state index contributed by atoms with van der Waals surface area (Å²) in [5.41, 5.74) is 2.34. The lowest BCUT2D eigenvalue weighted by Gasteiger charge is -2.24. The van der Waals surface area contributed by atoms with Gasteiger partial charge in [0.2, 0.25) is 0 Å². The van der Waals surface area contributed by atoms with Crippen LogP contribution in [0.25, 0.3) is 0 Å². The molecule has 1 atom stereocenters. The molecule has 2 heterocycles. The lowest BCUT2D eigenvalue weighted by Crippen LogP contribution is -2.33. The van der Waals surface area contributed by atoms with Crippen molar-refractivity contribution in [3.8, 4) is 0 Å². The Morgan fingerprint density at radius 2 is 2.16 bits per heavy atom. The maximum atomic E-state index is 6.26. The fourth-order valence-corrected chi connectivity index (χ4v) is 3.57. The van der Waals surface area contributed by atoms with Crippen molar-refractivity contribution >= 4 is 51.6 Å². The molecule has 4 nitrogen and oxygen atoms in total. The normalized spacial score (nSPS) is 21.1. The van der Waals surface area contributed by atoms with E-state index >= 15 is 0 Å². The van der Waals surface area contributed by atoms with Crippen molar-refractivity contribution in [1.82, 2.24) is 5.32 Å². The summed E-state index contributed by atoms with van der Waals surface area (Å²) < 4.78 is 8.49. The van der Waals surface area contributed by atoms with E-state index in [0.29, 0.717) is 16.0 Å². The SMILES string of the molecule is Clc1cc(Cl)c(NCC2CCCNC2)c2c1N=S=N2. The number of halogens is 2. The van der Waals surface area contributed by atoms with Crippen molar-refractivity contribution in [2.75, 3.05) is 25.0 Å². The molecule has 0 amide bonds. The largest absolute Gasteiger partial charge is 0.382 e. The first kappa shape index (κ1) is 13.4. The zero-order valence-electron chi connectivity index (χ0n) is 10.2. The van der Waals surface area contributed by atoms with Crippen LogP contribution in [-0.2, 0) is 11.4 Å². The number of benzene rings is 1. The molecule has 0 aromatic heterocycles. The Bertz CT molecular complexity index is 563. The molecule has 0 aliphatic carbocycles. The number of nitrogens with one attached hydrogen (secondary N) is 2. The maximum absolute atomic E-state index is 6.26. The van der Waals surface area contributed by atoms with E-state index in [2.05, 4.69) is 19.4 Å². The van der Waals surface area contributed by atoms with Crippen LogP contribution >= 0.6 is 23.2 Å². The van der Waals surface area contributed by atoms with Gasteiger partial charge in [-0.15, -0.1) is 0 Å². The van der Waals surface area contributed by atoms with Crippen LogP contribution in [0, 0.1) is 5.92 Å². The summed E-state index contributed by atoms with van der Waals surface area (Å²) in [6.45, 7) is 3.07. The van der Waals surface area contributed by atoms with Crippen LogP contribution in [0.1, 0.15) is 12.8 Å². The van der Waals surface area contributed by atoms with Gasteiger partial charge in [-0.05, 0) is 37.9 Å². The minimum Gasteiger partial charge on any atom is -0.382 e. The number of rotatable bonds is 3. The van der Waals surface area contributed by atoms with Gasteiger partial charge in [-0.2, -0.15) is 8.73 Å². The van der Waals surface area contributed by atoms with Crippen LogP contribution in [0.15, 0.2) is 14.8 Å². The highest BCUT2D eigenvalue weighted by Crippen LogP contribution is 2.47. The zero-order valence-corrected chi connectivity index (χ0v) is 12.6. The van der Waals surface area contributed by atoms with E-state index in [4.69, 9.17) is 23.2 Å². The molecular formula is C12H14Cl2N4S. The van der Waals surface area contributed by atoms with Crippen LogP contribution in [0.3, 0.4) is 0 Å². The second-order valence-electron chi connectivity index (χ2n) is 4.77. The van der Waals surface area contributed by atoms with Crippen molar-refractivity contribution in [3.63, 3.8) is 0 Å². The molecule has 1 aromatic rings. The summed E-state index contributed by atoms with van der Waals surface area (Å²) >= 11 is 13.5. The summed E-state index contributed by atoms with van der Waals surface area (Å²) in [4.78, 5) is 0. The highest BCUT2D eigenvalue weighted by molar-refractivity contribution is 7.58. The van der Waals surface area contributed by atoms with Gasteiger partial charge in [0, 0.05) is 6.54 Å². The average Bonchev–Trinajstić information content (AvgIpc) is 2.89. The second-order valence-corrected chi connectivity index (χ2v) is 6.11. The van der Waals surface area contributed by atoms with Crippen LogP contribution in [0.2, 0.25) is 10.0 Å². The Hall–Kier alpha value is -0.620. The third kappa shape index (κ3) is 2.79. The first-order valence-corrected chi connectivity index (χ1v) is 7.79. The Morgan fingerprint density at radius 1 is 1.32 bits per heavy atom. The van der Waals surface area contributed by atoms with Crippen LogP contribution < -0.4 is 10.6 Å². The van der Waals surface area contributed by atoms with Gasteiger partial charge >= 0.3 is 0 Å². The summed E-state index contributed by atoms with van der Waals surface area (Å²) in [6.07, 6.45) is 2.47. The molecule has 0 spiro atoms. The molecular weight excluding hydrogens is 303 g/mol. The summed E-state index contributed by atoms with van der Waals surface area (Å²) in [5.74, 6) is 0.627. The molecule has 102 valence electrons. The van der Waals surface area contributed by atoms with Gasteiger partial charge in [-0.1, -0.05) is 23.2 Å². The fourth-order valence-electron chi connectivity index (χ4n) is 2.39. The molecule has 1 unspecified atom stereocenters. The highest BCUT2D eigenvalue weighted by Gasteiger charge is 2.20. The second kappa shape index (κ2) is 5.79. The van der Waals surface area contributed by atoms with Crippen LogP contribution in [0.5, 0.6) is 0 Å². The molecule has 2 aliphatic heterocycles. The Morgan fingerprint density at radius 3 is 2.95 bits per heavy atom. The van der Waals surface area contributed by atoms with Gasteiger partial charge in [-0.25, -0.2) is 0 Å². The lowest BCUT2D eigenvalue weighted by atomic mass is 9.99. The Labute approximate surface area is 125 Å². The summed E-state index contributed by atoms with van der Waals surface area (Å²) in [6, 6.07) is 1.73. The molecule has 3 rings (SSSR count). The van der Waals surface area contributed by atoms with Gasteiger partial charge in [0.1, 0.15) is 11.4 Å². The van der Waals surface area contributed by atoms with Crippen molar-refractivity contribution in [3.05, 3.63) is 16.1 Å². The predicted molar refractivity (Wildman–Crippen MR) is 82.1 cm³/mol. The van der Waals surface area contributed by atoms with E-state index in [-0.39, 0.29) is 0 Å². The maximum Gasteiger partial charge on any atom is 0.130 e. The van der Waals surface area contributed by atoms with Crippen molar-refractivity contribution in [1.29, 1.82) is 0 Å². The van der Waals surface area contributed by atoms with Crippen LogP contribution in [0.4, 0.5) is 17.1 Å². The molecule has 1 aromatic carbocycles. The third-order valence-electron chi connectivity index (χ3n) is 3.41. The number of hydrogen-bond acceptors (Lipinski definition) is 4. The van der Waals surface area contributed by atoms with Crippen molar-refractivity contribution in [2.45, 2.75) is 12.8 Å². The first-order valence-electron chi connectivity index (χ1n) is 6.30. The third-order valence-corrected chi connectivity index (χ3v) is 4.52. The molecule has 0 bridgehead atoms. The number of fused-ring (bicyclic) bond motifs is 1. The minimum absolute atomic E-state index is 0.554. The highest BCUT2D eigenvalue weighted by atomic mass is 35.5. The molecule has 2 aliphatic rings. The number of anilines is 1. The van der Waals surface area contributed by atoms with E-state index < -0.39 is 0 Å². The lowest BCUT2D eigenvalue weighted by molar-refractivity contribution is 0.393. The first-order chi connectivity index (χ1) is 9.25. The molecule has 2 N–H and O–H groups in total. The van der Waals surface area contributed by atoms with E-state index in [1.54, 1.807) is 6.07 Å². The van der Waals surface area contributed by atoms with E-state index in [0.717, 1.165) is 48.1 Å². The van der Waals surface area contributed by atoms with Gasteiger partial charge in [0.25, 0.3) is 0 Å². The topological polar surface area (TPSA) is 48.8 Å². The van der Waals surface area contributed by atoms with Crippen molar-refractivity contribution < 1.29 is 0 Å². The van der Waals surface area contributed by atoms with Gasteiger partial charge < -0.3 is 10.6 Å². The average molecular weight is 317 g/mol. The molecule has 7 heteroatoms. The molecule has 19 heavy (non-hydrogen) atoms. The quantitative estimate of drug-likeness (QED) is 0.894. The van der Waals surface area contributed by atoms with Crippen molar-refractivity contribution in [2.24, 2.45) is 14.6 Å². The summed E-state index contributed by atoms with van der Waals surface area (Å²) in [7, 11) is 0.